The normalized spacial score (nSPS) is 17.4. The number of unbranched alkanes of at least 4 members (excludes halogenated alkanes) is 5. The molecule has 0 amide bonds. The van der Waals surface area contributed by atoms with E-state index in [0.29, 0.717) is 11.8 Å². The maximum Gasteiger partial charge on any atom is 0.0467 e. The molecule has 2 atom stereocenters. The van der Waals surface area contributed by atoms with Crippen LogP contribution in [0.15, 0.2) is 0 Å². The summed E-state index contributed by atoms with van der Waals surface area (Å²) in [5, 5.41) is 0. The summed E-state index contributed by atoms with van der Waals surface area (Å²) in [4.78, 5) is -0.0244. The lowest BCUT2D eigenvalue weighted by atomic mass is 9.82. The lowest BCUT2D eigenvalue weighted by Crippen LogP contribution is -2.32. The van der Waals surface area contributed by atoms with Gasteiger partial charge in [0.25, 0.3) is 0 Å². The van der Waals surface area contributed by atoms with Crippen molar-refractivity contribution in [3.8, 4) is 0 Å². The van der Waals surface area contributed by atoms with E-state index < -0.39 is 0 Å². The second-order valence-electron chi connectivity index (χ2n) is 5.76. The summed E-state index contributed by atoms with van der Waals surface area (Å²) in [6.07, 6.45) is 9.56. The van der Waals surface area contributed by atoms with E-state index in [0.717, 1.165) is 0 Å². The Morgan fingerprint density at radius 1 is 0.938 bits per heavy atom. The topological polar surface area (TPSA) is 0 Å². The summed E-state index contributed by atoms with van der Waals surface area (Å²) in [6, 6.07) is 0. The summed E-state index contributed by atoms with van der Waals surface area (Å²) < 4.78 is 0. The van der Waals surface area contributed by atoms with Crippen molar-refractivity contribution in [2.24, 2.45) is 11.8 Å². The number of hydrogen-bond donors (Lipinski definition) is 0. The minimum Gasteiger partial charge on any atom is -0.119 e. The fraction of sp³-hybridized carbons (Fsp3) is 1.00. The van der Waals surface area contributed by atoms with Gasteiger partial charge in [0.1, 0.15) is 0 Å². The van der Waals surface area contributed by atoms with Gasteiger partial charge in [0.2, 0.25) is 0 Å². The molecular weight excluding hydrogens is 216 g/mol. The molecule has 1 heteroatoms. The largest absolute Gasteiger partial charge is 0.119 e. The van der Waals surface area contributed by atoms with Crippen LogP contribution in [-0.2, 0) is 0 Å². The maximum atomic E-state index is 6.58. The van der Waals surface area contributed by atoms with E-state index in [1.165, 1.54) is 44.9 Å². The van der Waals surface area contributed by atoms with Gasteiger partial charge < -0.3 is 0 Å². The van der Waals surface area contributed by atoms with Crippen molar-refractivity contribution in [1.82, 2.24) is 0 Å². The van der Waals surface area contributed by atoms with E-state index in [1.807, 2.05) is 0 Å². The van der Waals surface area contributed by atoms with Gasteiger partial charge in [0, 0.05) is 4.87 Å². The first kappa shape index (κ1) is 16.3. The van der Waals surface area contributed by atoms with Crippen LogP contribution in [0.5, 0.6) is 0 Å². The van der Waals surface area contributed by atoms with Crippen molar-refractivity contribution in [2.45, 2.75) is 84.4 Å². The minimum absolute atomic E-state index is 0.0244. The van der Waals surface area contributed by atoms with Crippen molar-refractivity contribution in [3.63, 3.8) is 0 Å². The van der Waals surface area contributed by atoms with Gasteiger partial charge in [0.05, 0.1) is 0 Å². The second-order valence-corrected chi connectivity index (χ2v) is 6.58. The first-order valence-electron chi connectivity index (χ1n) is 7.11. The molecule has 0 spiro atoms. The van der Waals surface area contributed by atoms with Gasteiger partial charge in [-0.15, -0.1) is 11.6 Å². The van der Waals surface area contributed by atoms with Crippen molar-refractivity contribution < 1.29 is 0 Å². The Hall–Kier alpha value is 0.290. The maximum absolute atomic E-state index is 6.58. The molecule has 16 heavy (non-hydrogen) atoms. The number of rotatable bonds is 9. The lowest BCUT2D eigenvalue weighted by Gasteiger charge is -2.33. The zero-order valence-corrected chi connectivity index (χ0v) is 12.7. The standard InChI is InChI=1S/C15H31Cl/c1-6-7-8-9-10-11-12-14(4)15(5,16)13(2)3/h13-14H,6-12H2,1-5H3. The summed E-state index contributed by atoms with van der Waals surface area (Å²) in [6.45, 7) is 11.2. The third-order valence-corrected chi connectivity index (χ3v) is 4.89. The van der Waals surface area contributed by atoms with Crippen molar-refractivity contribution >= 4 is 11.6 Å². The van der Waals surface area contributed by atoms with Crippen LogP contribution in [0.3, 0.4) is 0 Å². The summed E-state index contributed by atoms with van der Waals surface area (Å²) in [7, 11) is 0. The lowest BCUT2D eigenvalue weighted by molar-refractivity contribution is 0.306. The van der Waals surface area contributed by atoms with E-state index in [-0.39, 0.29) is 4.87 Å². The average molecular weight is 247 g/mol. The Kier molecular flexibility index (Phi) is 8.54. The quantitative estimate of drug-likeness (QED) is 0.344. The van der Waals surface area contributed by atoms with Crippen molar-refractivity contribution in [1.29, 1.82) is 0 Å². The fourth-order valence-corrected chi connectivity index (χ4v) is 2.19. The first-order valence-corrected chi connectivity index (χ1v) is 7.49. The first-order chi connectivity index (χ1) is 7.42. The Morgan fingerprint density at radius 3 is 1.94 bits per heavy atom. The molecule has 0 N–H and O–H groups in total. The van der Waals surface area contributed by atoms with Crippen LogP contribution in [0.25, 0.3) is 0 Å². The smallest absolute Gasteiger partial charge is 0.0467 e. The van der Waals surface area contributed by atoms with Crippen LogP contribution >= 0.6 is 11.6 Å². The molecule has 0 aliphatic rings. The van der Waals surface area contributed by atoms with Crippen LogP contribution in [0.1, 0.15) is 79.6 Å². The van der Waals surface area contributed by atoms with Gasteiger partial charge in [-0.25, -0.2) is 0 Å². The van der Waals surface area contributed by atoms with Crippen LogP contribution in [0.4, 0.5) is 0 Å². The summed E-state index contributed by atoms with van der Waals surface area (Å²) in [5.41, 5.74) is 0. The molecule has 0 fully saturated rings. The molecule has 0 aromatic carbocycles. The van der Waals surface area contributed by atoms with Gasteiger partial charge >= 0.3 is 0 Å². The highest BCUT2D eigenvalue weighted by molar-refractivity contribution is 6.24. The van der Waals surface area contributed by atoms with E-state index in [4.69, 9.17) is 11.6 Å². The molecule has 0 aliphatic heterocycles. The van der Waals surface area contributed by atoms with E-state index in [2.05, 4.69) is 34.6 Å². The van der Waals surface area contributed by atoms with Crippen molar-refractivity contribution in [3.05, 3.63) is 0 Å². The zero-order valence-electron chi connectivity index (χ0n) is 12.0. The summed E-state index contributed by atoms with van der Waals surface area (Å²) in [5.74, 6) is 1.18. The third-order valence-electron chi connectivity index (χ3n) is 4.08. The minimum atomic E-state index is -0.0244. The third kappa shape index (κ3) is 6.13. The zero-order chi connectivity index (χ0) is 12.6. The molecule has 0 rings (SSSR count). The van der Waals surface area contributed by atoms with Gasteiger partial charge in [-0.05, 0) is 25.2 Å². The van der Waals surface area contributed by atoms with Crippen LogP contribution < -0.4 is 0 Å². The van der Waals surface area contributed by atoms with Gasteiger partial charge in [0.15, 0.2) is 0 Å². The second kappa shape index (κ2) is 8.39. The van der Waals surface area contributed by atoms with Crippen LogP contribution in [0.2, 0.25) is 0 Å². The molecule has 0 heterocycles. The predicted molar refractivity (Wildman–Crippen MR) is 76.3 cm³/mol. The molecule has 0 aromatic heterocycles. The van der Waals surface area contributed by atoms with E-state index in [1.54, 1.807) is 0 Å². The van der Waals surface area contributed by atoms with E-state index >= 15 is 0 Å². The van der Waals surface area contributed by atoms with Gasteiger partial charge in [-0.1, -0.05) is 66.2 Å². The Balaban J connectivity index is 3.61. The molecule has 0 saturated carbocycles. The number of hydrogen-bond acceptors (Lipinski definition) is 0. The predicted octanol–water partition coefficient (Wildman–Crippen LogP) is 6.03. The monoisotopic (exact) mass is 246 g/mol. The van der Waals surface area contributed by atoms with E-state index in [9.17, 15) is 0 Å². The molecule has 0 saturated heterocycles. The van der Waals surface area contributed by atoms with Crippen LogP contribution in [-0.4, -0.2) is 4.87 Å². The highest BCUT2D eigenvalue weighted by Gasteiger charge is 2.31. The average Bonchev–Trinajstić information content (AvgIpc) is 2.22. The SMILES string of the molecule is CCCCCCCCC(C)C(C)(Cl)C(C)C. The number of alkyl halides is 1. The Morgan fingerprint density at radius 2 is 1.44 bits per heavy atom. The summed E-state index contributed by atoms with van der Waals surface area (Å²) >= 11 is 6.58. The fourth-order valence-electron chi connectivity index (χ4n) is 2.08. The molecule has 0 aromatic rings. The Labute approximate surface area is 108 Å². The Bertz CT molecular complexity index is 161. The highest BCUT2D eigenvalue weighted by atomic mass is 35.5. The molecule has 0 aliphatic carbocycles. The van der Waals surface area contributed by atoms with Crippen molar-refractivity contribution in [2.75, 3.05) is 0 Å². The van der Waals surface area contributed by atoms with Gasteiger partial charge in [-0.2, -0.15) is 0 Å². The van der Waals surface area contributed by atoms with Crippen LogP contribution in [0, 0.1) is 11.8 Å². The van der Waals surface area contributed by atoms with Gasteiger partial charge in [-0.3, -0.25) is 0 Å². The highest BCUT2D eigenvalue weighted by Crippen LogP contribution is 2.35. The molecule has 98 valence electrons. The number of halogens is 1. The molecular formula is C15H31Cl. The molecule has 2 unspecified atom stereocenters. The molecule has 0 radical (unpaired) electrons. The molecule has 0 bridgehead atoms. The molecule has 0 nitrogen and oxygen atoms in total.